The third-order valence-corrected chi connectivity index (χ3v) is 11.9. The van der Waals surface area contributed by atoms with Crippen LogP contribution in [0, 0.1) is 0 Å². The van der Waals surface area contributed by atoms with Gasteiger partial charge >= 0.3 is 0 Å². The lowest BCUT2D eigenvalue weighted by Crippen LogP contribution is -2.65. The molecule has 0 aromatic heterocycles. The molecular weight excluding hydrogens is 895 g/mol. The zero-order valence-corrected chi connectivity index (χ0v) is 42.2. The molecular formula is C56H91NO13. The maximum absolute atomic E-state index is 13.2. The number of rotatable bonds is 38. The first-order chi connectivity index (χ1) is 34.1. The highest BCUT2D eigenvalue weighted by Gasteiger charge is 2.51. The molecule has 2 rings (SSSR count). The standard InChI is InChI=1S/C56H91NO13/c1-3-5-7-9-11-13-15-17-18-19-20-21-22-23-24-25-26-28-30-32-34-36-38-40-48(61)57-44(45(60)39-37-35-33-31-29-27-16-14-12-10-8-6-4-2)43-67-55-53(66)51(64)54(47(42-59)69-55)70-56-52(65)50(63)49(62)46(41-58)68-56/h5,7,11-14,17-18,20-21,23-24,26,28-29,31,37,39,44-47,49-56,58-60,62-66H,3-4,6,8-10,15-16,19,22,25,27,30,32-36,38,40-43H2,1-2H3,(H,57,61)/b7-5-,13-11-,14-12+,18-17-,21-20-,24-23-,28-26-,31-29+,39-37+. The van der Waals surface area contributed by atoms with Crippen molar-refractivity contribution in [3.8, 4) is 0 Å². The summed E-state index contributed by atoms with van der Waals surface area (Å²) >= 11 is 0. The number of aliphatic hydroxyl groups excluding tert-OH is 8. The van der Waals surface area contributed by atoms with Gasteiger partial charge in [0.15, 0.2) is 12.6 Å². The number of amides is 1. The van der Waals surface area contributed by atoms with Crippen LogP contribution in [0.2, 0.25) is 0 Å². The van der Waals surface area contributed by atoms with Crippen LogP contribution in [0.25, 0.3) is 0 Å². The third kappa shape index (κ3) is 27.5. The van der Waals surface area contributed by atoms with E-state index in [1.807, 2.05) is 6.08 Å². The van der Waals surface area contributed by atoms with Gasteiger partial charge in [-0.2, -0.15) is 0 Å². The summed E-state index contributed by atoms with van der Waals surface area (Å²) in [5.74, 6) is -0.285. The van der Waals surface area contributed by atoms with Gasteiger partial charge in [0, 0.05) is 6.42 Å². The molecule has 14 heteroatoms. The lowest BCUT2D eigenvalue weighted by Gasteiger charge is -2.46. The zero-order chi connectivity index (χ0) is 51.0. The number of unbranched alkanes of at least 4 members (excludes halogenated alkanes) is 9. The van der Waals surface area contributed by atoms with Crippen molar-refractivity contribution < 1.29 is 64.6 Å². The van der Waals surface area contributed by atoms with Gasteiger partial charge in [-0.15, -0.1) is 0 Å². The van der Waals surface area contributed by atoms with Gasteiger partial charge in [0.05, 0.1) is 32.0 Å². The molecule has 2 saturated heterocycles. The van der Waals surface area contributed by atoms with Crippen LogP contribution in [0.15, 0.2) is 109 Å². The summed E-state index contributed by atoms with van der Waals surface area (Å²) in [6.07, 6.45) is 39.8. The molecule has 2 aliphatic rings. The molecule has 2 heterocycles. The minimum Gasteiger partial charge on any atom is -0.394 e. The third-order valence-electron chi connectivity index (χ3n) is 11.9. The first kappa shape index (κ1) is 62.8. The van der Waals surface area contributed by atoms with Crippen molar-refractivity contribution in [1.82, 2.24) is 5.32 Å². The van der Waals surface area contributed by atoms with Gasteiger partial charge in [-0.1, -0.05) is 149 Å². The van der Waals surface area contributed by atoms with E-state index in [0.29, 0.717) is 12.8 Å². The summed E-state index contributed by atoms with van der Waals surface area (Å²) in [6.45, 7) is 2.56. The van der Waals surface area contributed by atoms with E-state index in [0.717, 1.165) is 89.9 Å². The molecule has 0 radical (unpaired) electrons. The van der Waals surface area contributed by atoms with Gasteiger partial charge in [-0.25, -0.2) is 0 Å². The lowest BCUT2D eigenvalue weighted by molar-refractivity contribution is -0.359. The molecule has 398 valence electrons. The summed E-state index contributed by atoms with van der Waals surface area (Å²) in [4.78, 5) is 13.2. The van der Waals surface area contributed by atoms with Crippen LogP contribution in [-0.4, -0.2) is 140 Å². The van der Waals surface area contributed by atoms with E-state index in [4.69, 9.17) is 18.9 Å². The highest BCUT2D eigenvalue weighted by Crippen LogP contribution is 2.30. The predicted octanol–water partition coefficient (Wildman–Crippen LogP) is 7.32. The number of carbonyl (C=O) groups excluding carboxylic acids is 1. The van der Waals surface area contributed by atoms with E-state index in [9.17, 15) is 45.6 Å². The Hall–Kier alpha value is -3.35. The molecule has 0 spiro atoms. The van der Waals surface area contributed by atoms with E-state index < -0.39 is 86.8 Å². The van der Waals surface area contributed by atoms with Gasteiger partial charge in [-0.05, 0) is 96.3 Å². The fourth-order valence-corrected chi connectivity index (χ4v) is 7.68. The van der Waals surface area contributed by atoms with Gasteiger partial charge < -0.3 is 65.1 Å². The van der Waals surface area contributed by atoms with E-state index in [1.165, 1.54) is 19.3 Å². The molecule has 12 unspecified atom stereocenters. The molecule has 14 nitrogen and oxygen atoms in total. The predicted molar refractivity (Wildman–Crippen MR) is 276 cm³/mol. The maximum Gasteiger partial charge on any atom is 0.220 e. The highest BCUT2D eigenvalue weighted by molar-refractivity contribution is 5.76. The van der Waals surface area contributed by atoms with Crippen molar-refractivity contribution in [3.05, 3.63) is 109 Å². The van der Waals surface area contributed by atoms with Crippen molar-refractivity contribution in [1.29, 1.82) is 0 Å². The first-order valence-electron chi connectivity index (χ1n) is 26.1. The fourth-order valence-electron chi connectivity index (χ4n) is 7.68. The van der Waals surface area contributed by atoms with Crippen LogP contribution in [-0.2, 0) is 23.7 Å². The lowest BCUT2D eigenvalue weighted by atomic mass is 9.97. The molecule has 2 aliphatic heterocycles. The van der Waals surface area contributed by atoms with Gasteiger partial charge in [-0.3, -0.25) is 4.79 Å². The molecule has 12 atom stereocenters. The van der Waals surface area contributed by atoms with Crippen molar-refractivity contribution in [2.45, 2.75) is 216 Å². The van der Waals surface area contributed by atoms with E-state index in [2.05, 4.69) is 116 Å². The Morgan fingerprint density at radius 2 is 1.00 bits per heavy atom. The zero-order valence-electron chi connectivity index (χ0n) is 42.2. The summed E-state index contributed by atoms with van der Waals surface area (Å²) in [7, 11) is 0. The number of hydrogen-bond donors (Lipinski definition) is 9. The normalized spacial score (nSPS) is 26.9. The molecule has 0 aromatic carbocycles. The quantitative estimate of drug-likeness (QED) is 0.0219. The number of ether oxygens (including phenoxy) is 4. The second-order valence-corrected chi connectivity index (χ2v) is 17.9. The molecule has 2 fully saturated rings. The van der Waals surface area contributed by atoms with Gasteiger partial charge in [0.2, 0.25) is 5.91 Å². The monoisotopic (exact) mass is 986 g/mol. The topological polar surface area (TPSA) is 228 Å². The number of carbonyl (C=O) groups is 1. The minimum absolute atomic E-state index is 0.233. The summed E-state index contributed by atoms with van der Waals surface area (Å²) in [5, 5.41) is 86.7. The van der Waals surface area contributed by atoms with E-state index in [-0.39, 0.29) is 18.9 Å². The van der Waals surface area contributed by atoms with Crippen molar-refractivity contribution >= 4 is 5.91 Å². The summed E-state index contributed by atoms with van der Waals surface area (Å²) in [6, 6.07) is -0.958. The first-order valence-corrected chi connectivity index (χ1v) is 26.1. The largest absolute Gasteiger partial charge is 0.394 e. The highest BCUT2D eigenvalue weighted by atomic mass is 16.7. The molecule has 70 heavy (non-hydrogen) atoms. The van der Waals surface area contributed by atoms with Crippen LogP contribution < -0.4 is 5.32 Å². The Bertz CT molecular complexity index is 1590. The summed E-state index contributed by atoms with van der Waals surface area (Å²) < 4.78 is 22.6. The number of aliphatic hydroxyl groups is 8. The second kappa shape index (κ2) is 41.2. The van der Waals surface area contributed by atoms with Crippen LogP contribution >= 0.6 is 0 Å². The van der Waals surface area contributed by atoms with Crippen molar-refractivity contribution in [3.63, 3.8) is 0 Å². The van der Waals surface area contributed by atoms with Crippen molar-refractivity contribution in [2.24, 2.45) is 0 Å². The Balaban J connectivity index is 1.84. The van der Waals surface area contributed by atoms with E-state index >= 15 is 0 Å². The van der Waals surface area contributed by atoms with Crippen molar-refractivity contribution in [2.75, 3.05) is 19.8 Å². The molecule has 0 aromatic rings. The Morgan fingerprint density at radius 3 is 1.56 bits per heavy atom. The number of hydrogen-bond acceptors (Lipinski definition) is 13. The Kier molecular flexibility index (Phi) is 36.9. The SMILES string of the molecule is CC/C=C\C/C=C\C/C=C\C/C=C\C/C=C\C/C=C\CCCCCCC(=O)NC(COC1OC(CO)C(OC2OC(CO)C(O)C(O)C2O)C(O)C1O)C(O)/C=C/CC/C=C/CC/C=C/CCCCC. The molecule has 9 N–H and O–H groups in total. The smallest absolute Gasteiger partial charge is 0.220 e. The second-order valence-electron chi connectivity index (χ2n) is 17.9. The maximum atomic E-state index is 13.2. The average Bonchev–Trinajstić information content (AvgIpc) is 3.36. The molecule has 0 aliphatic carbocycles. The van der Waals surface area contributed by atoms with Gasteiger partial charge in [0.25, 0.3) is 0 Å². The average molecular weight is 986 g/mol. The fraction of sp³-hybridized carbons (Fsp3) is 0.661. The van der Waals surface area contributed by atoms with Crippen LogP contribution in [0.1, 0.15) is 142 Å². The molecule has 0 saturated carbocycles. The molecule has 1 amide bonds. The Morgan fingerprint density at radius 1 is 0.529 bits per heavy atom. The molecule has 0 bridgehead atoms. The van der Waals surface area contributed by atoms with Gasteiger partial charge in [0.1, 0.15) is 48.8 Å². The number of nitrogens with one attached hydrogen (secondary N) is 1. The Labute approximate surface area is 419 Å². The number of allylic oxidation sites excluding steroid dienone is 17. The van der Waals surface area contributed by atoms with Crippen LogP contribution in [0.4, 0.5) is 0 Å². The summed E-state index contributed by atoms with van der Waals surface area (Å²) in [5.41, 5.74) is 0. The van der Waals surface area contributed by atoms with Crippen LogP contribution in [0.3, 0.4) is 0 Å². The van der Waals surface area contributed by atoms with Crippen LogP contribution in [0.5, 0.6) is 0 Å². The van der Waals surface area contributed by atoms with E-state index in [1.54, 1.807) is 6.08 Å². The minimum atomic E-state index is -1.80.